The van der Waals surface area contributed by atoms with Crippen LogP contribution in [0.4, 0.5) is 0 Å². The Labute approximate surface area is 102 Å². The molecule has 0 aliphatic heterocycles. The van der Waals surface area contributed by atoms with Crippen LogP contribution in [-0.2, 0) is 4.79 Å². The van der Waals surface area contributed by atoms with E-state index in [0.717, 1.165) is 0 Å². The molecule has 16 heavy (non-hydrogen) atoms. The molecule has 0 aromatic heterocycles. The van der Waals surface area contributed by atoms with Crippen LogP contribution in [0.5, 0.6) is 5.75 Å². The molecule has 0 aliphatic carbocycles. The summed E-state index contributed by atoms with van der Waals surface area (Å²) >= 11 is 3.31. The predicted molar refractivity (Wildman–Crippen MR) is 62.5 cm³/mol. The number of hydrogen-bond donors (Lipinski definition) is 2. The third kappa shape index (κ3) is 3.50. The lowest BCUT2D eigenvalue weighted by Gasteiger charge is -2.12. The maximum absolute atomic E-state index is 10.4. The van der Waals surface area contributed by atoms with Crippen LogP contribution in [0.3, 0.4) is 0 Å². The maximum Gasteiger partial charge on any atom is 0.303 e. The van der Waals surface area contributed by atoms with Gasteiger partial charge in [-0.15, -0.1) is 0 Å². The van der Waals surface area contributed by atoms with Gasteiger partial charge in [0.15, 0.2) is 0 Å². The Morgan fingerprint density at radius 1 is 1.56 bits per heavy atom. The zero-order valence-electron chi connectivity index (χ0n) is 8.81. The van der Waals surface area contributed by atoms with E-state index in [1.165, 1.54) is 0 Å². The van der Waals surface area contributed by atoms with Crippen LogP contribution in [0, 0.1) is 0 Å². The molecule has 1 aromatic carbocycles. The lowest BCUT2D eigenvalue weighted by molar-refractivity contribution is -0.137. The fraction of sp³-hybridized carbons (Fsp3) is 0.364. The Kier molecular flexibility index (Phi) is 4.76. The highest BCUT2D eigenvalue weighted by Crippen LogP contribution is 2.29. The predicted octanol–water partition coefficient (Wildman–Crippen LogP) is 2.36. The van der Waals surface area contributed by atoms with Crippen molar-refractivity contribution in [1.29, 1.82) is 0 Å². The van der Waals surface area contributed by atoms with E-state index in [1.54, 1.807) is 25.3 Å². The van der Waals surface area contributed by atoms with Crippen molar-refractivity contribution in [3.8, 4) is 5.75 Å². The molecule has 0 spiro atoms. The first-order valence-corrected chi connectivity index (χ1v) is 5.57. The Morgan fingerprint density at radius 2 is 2.25 bits per heavy atom. The van der Waals surface area contributed by atoms with Crippen molar-refractivity contribution in [2.45, 2.75) is 18.9 Å². The minimum atomic E-state index is -0.913. The molecule has 0 bridgehead atoms. The van der Waals surface area contributed by atoms with Crippen molar-refractivity contribution in [3.63, 3.8) is 0 Å². The van der Waals surface area contributed by atoms with Gasteiger partial charge in [-0.2, -0.15) is 0 Å². The summed E-state index contributed by atoms with van der Waals surface area (Å²) in [5.74, 6) is -0.232. The number of carboxylic acid groups (broad SMARTS) is 1. The second-order valence-electron chi connectivity index (χ2n) is 3.34. The summed E-state index contributed by atoms with van der Waals surface area (Å²) in [5, 5.41) is 18.3. The Hall–Kier alpha value is -1.07. The number of aliphatic hydroxyl groups excluding tert-OH is 1. The Morgan fingerprint density at radius 3 is 2.75 bits per heavy atom. The molecule has 5 heteroatoms. The molecule has 0 saturated carbocycles. The molecule has 1 unspecified atom stereocenters. The van der Waals surface area contributed by atoms with Crippen molar-refractivity contribution in [2.75, 3.05) is 7.11 Å². The van der Waals surface area contributed by atoms with Gasteiger partial charge in [0.2, 0.25) is 0 Å². The molecule has 0 heterocycles. The van der Waals surface area contributed by atoms with Crippen LogP contribution in [-0.4, -0.2) is 23.3 Å². The Bertz CT molecular complexity index is 378. The maximum atomic E-state index is 10.4. The average molecular weight is 289 g/mol. The van der Waals surface area contributed by atoms with Gasteiger partial charge in [0.25, 0.3) is 0 Å². The van der Waals surface area contributed by atoms with Gasteiger partial charge in [0, 0.05) is 10.9 Å². The van der Waals surface area contributed by atoms with Gasteiger partial charge in [-0.05, 0) is 24.1 Å². The average Bonchev–Trinajstić information content (AvgIpc) is 2.25. The van der Waals surface area contributed by atoms with Crippen molar-refractivity contribution in [3.05, 3.63) is 28.2 Å². The normalized spacial score (nSPS) is 12.2. The summed E-state index contributed by atoms with van der Waals surface area (Å²) in [6, 6.07) is 5.18. The highest BCUT2D eigenvalue weighted by atomic mass is 79.9. The SMILES string of the molecule is COc1ccc(C(O)CCC(=O)O)c(Br)c1. The zero-order valence-corrected chi connectivity index (χ0v) is 10.4. The van der Waals surface area contributed by atoms with Crippen molar-refractivity contribution >= 4 is 21.9 Å². The molecule has 4 nitrogen and oxygen atoms in total. The minimum absolute atomic E-state index is 0.0559. The smallest absolute Gasteiger partial charge is 0.303 e. The first-order valence-electron chi connectivity index (χ1n) is 4.78. The lowest BCUT2D eigenvalue weighted by atomic mass is 10.0. The molecule has 2 N–H and O–H groups in total. The van der Waals surface area contributed by atoms with Gasteiger partial charge in [-0.3, -0.25) is 4.79 Å². The van der Waals surface area contributed by atoms with Crippen LogP contribution < -0.4 is 4.74 Å². The van der Waals surface area contributed by atoms with Crippen LogP contribution in [0.2, 0.25) is 0 Å². The minimum Gasteiger partial charge on any atom is -0.497 e. The van der Waals surface area contributed by atoms with Crippen LogP contribution >= 0.6 is 15.9 Å². The third-order valence-corrected chi connectivity index (χ3v) is 2.89. The number of carbonyl (C=O) groups is 1. The van der Waals surface area contributed by atoms with E-state index in [0.29, 0.717) is 15.8 Å². The van der Waals surface area contributed by atoms with E-state index in [9.17, 15) is 9.90 Å². The van der Waals surface area contributed by atoms with Gasteiger partial charge < -0.3 is 14.9 Å². The number of ether oxygens (including phenoxy) is 1. The molecule has 88 valence electrons. The van der Waals surface area contributed by atoms with E-state index in [4.69, 9.17) is 9.84 Å². The fourth-order valence-corrected chi connectivity index (χ4v) is 1.94. The molecule has 0 fully saturated rings. The van der Waals surface area contributed by atoms with Gasteiger partial charge >= 0.3 is 5.97 Å². The summed E-state index contributed by atoms with van der Waals surface area (Å²) in [5.41, 5.74) is 0.669. The highest BCUT2D eigenvalue weighted by molar-refractivity contribution is 9.10. The molecule has 1 aromatic rings. The standard InChI is InChI=1S/C11H13BrO4/c1-16-7-2-3-8(9(12)6-7)10(13)4-5-11(14)15/h2-3,6,10,13H,4-5H2,1H3,(H,14,15). The molecule has 0 aliphatic rings. The number of carboxylic acids is 1. The summed E-state index contributed by atoms with van der Waals surface area (Å²) in [4.78, 5) is 10.4. The summed E-state index contributed by atoms with van der Waals surface area (Å²) in [6.07, 6.45) is -0.642. The number of aliphatic carboxylic acids is 1. The van der Waals surface area contributed by atoms with Gasteiger partial charge in [-0.1, -0.05) is 22.0 Å². The Balaban J connectivity index is 2.75. The number of halogens is 1. The molecule has 0 saturated heterocycles. The van der Waals surface area contributed by atoms with Crippen LogP contribution in [0.1, 0.15) is 24.5 Å². The van der Waals surface area contributed by atoms with Crippen molar-refractivity contribution in [2.24, 2.45) is 0 Å². The summed E-state index contributed by atoms with van der Waals surface area (Å²) in [6.45, 7) is 0. The number of benzene rings is 1. The van der Waals surface area contributed by atoms with Crippen molar-refractivity contribution in [1.82, 2.24) is 0 Å². The topological polar surface area (TPSA) is 66.8 Å². The molecule has 0 amide bonds. The van der Waals surface area contributed by atoms with E-state index in [-0.39, 0.29) is 12.8 Å². The second-order valence-corrected chi connectivity index (χ2v) is 4.19. The number of hydrogen-bond acceptors (Lipinski definition) is 3. The molecule has 1 atom stereocenters. The van der Waals surface area contributed by atoms with E-state index < -0.39 is 12.1 Å². The van der Waals surface area contributed by atoms with Gasteiger partial charge in [0.05, 0.1) is 13.2 Å². The lowest BCUT2D eigenvalue weighted by Crippen LogP contribution is -2.03. The van der Waals surface area contributed by atoms with E-state index in [2.05, 4.69) is 15.9 Å². The van der Waals surface area contributed by atoms with E-state index in [1.807, 2.05) is 0 Å². The number of methoxy groups -OCH3 is 1. The fourth-order valence-electron chi connectivity index (χ4n) is 1.32. The van der Waals surface area contributed by atoms with Crippen LogP contribution in [0.25, 0.3) is 0 Å². The summed E-state index contributed by atoms with van der Waals surface area (Å²) in [7, 11) is 1.56. The molecular formula is C11H13BrO4. The number of rotatable bonds is 5. The summed E-state index contributed by atoms with van der Waals surface area (Å²) < 4.78 is 5.73. The monoisotopic (exact) mass is 288 g/mol. The first-order chi connectivity index (χ1) is 7.54. The largest absolute Gasteiger partial charge is 0.497 e. The first kappa shape index (κ1) is 13.0. The quantitative estimate of drug-likeness (QED) is 0.873. The highest BCUT2D eigenvalue weighted by Gasteiger charge is 2.13. The van der Waals surface area contributed by atoms with E-state index >= 15 is 0 Å². The number of aliphatic hydroxyl groups is 1. The van der Waals surface area contributed by atoms with Crippen molar-refractivity contribution < 1.29 is 19.7 Å². The van der Waals surface area contributed by atoms with Gasteiger partial charge in [0.1, 0.15) is 5.75 Å². The molecule has 1 rings (SSSR count). The second kappa shape index (κ2) is 5.86. The third-order valence-electron chi connectivity index (χ3n) is 2.20. The van der Waals surface area contributed by atoms with Crippen LogP contribution in [0.15, 0.2) is 22.7 Å². The molecule has 0 radical (unpaired) electrons. The van der Waals surface area contributed by atoms with Gasteiger partial charge in [-0.25, -0.2) is 0 Å². The molecular weight excluding hydrogens is 276 g/mol. The zero-order chi connectivity index (χ0) is 12.1.